The molecule has 0 fully saturated rings. The van der Waals surface area contributed by atoms with E-state index in [9.17, 15) is 5.26 Å². The number of ether oxygens (including phenoxy) is 3. The van der Waals surface area contributed by atoms with Gasteiger partial charge in [0.1, 0.15) is 17.6 Å². The Labute approximate surface area is 125 Å². The van der Waals surface area contributed by atoms with Crippen molar-refractivity contribution < 1.29 is 19.3 Å². The van der Waals surface area contributed by atoms with Gasteiger partial charge in [0.25, 0.3) is 0 Å². The molecule has 1 aromatic carbocycles. The smallest absolute Gasteiger partial charge is 0.172 e. The monoisotopic (exact) mass is 291 g/mol. The average Bonchev–Trinajstić information content (AvgIpc) is 2.83. The van der Waals surface area contributed by atoms with Gasteiger partial charge in [-0.15, -0.1) is 0 Å². The Morgan fingerprint density at radius 3 is 3.00 bits per heavy atom. The maximum absolute atomic E-state index is 9.34. The van der Waals surface area contributed by atoms with Gasteiger partial charge in [0.15, 0.2) is 6.10 Å². The molecule has 2 atom stereocenters. The second-order valence-corrected chi connectivity index (χ2v) is 5.02. The summed E-state index contributed by atoms with van der Waals surface area (Å²) in [7, 11) is 0. The molecule has 0 bridgehead atoms. The number of fused-ring (bicyclic) bond motifs is 1. The van der Waals surface area contributed by atoms with E-state index in [1.54, 1.807) is 0 Å². The largest absolute Gasteiger partial charge is 0.493 e. The molecule has 0 amide bonds. The quantitative estimate of drug-likeness (QED) is 0.781. The SMILES string of the molecule is CCOc1cc2c(cc1C(C#N)OCCCO)OC(C)C2. The van der Waals surface area contributed by atoms with Crippen molar-refractivity contribution in [3.05, 3.63) is 23.3 Å². The molecule has 1 aliphatic heterocycles. The molecule has 1 heterocycles. The molecule has 0 saturated heterocycles. The first kappa shape index (κ1) is 15.6. The molecular formula is C16H21NO4. The van der Waals surface area contributed by atoms with E-state index in [-0.39, 0.29) is 12.7 Å². The highest BCUT2D eigenvalue weighted by Crippen LogP contribution is 2.38. The van der Waals surface area contributed by atoms with Crippen molar-refractivity contribution in [1.29, 1.82) is 5.26 Å². The summed E-state index contributed by atoms with van der Waals surface area (Å²) in [5.74, 6) is 1.47. The molecule has 1 N–H and O–H groups in total. The van der Waals surface area contributed by atoms with Crippen LogP contribution < -0.4 is 9.47 Å². The van der Waals surface area contributed by atoms with Gasteiger partial charge in [0, 0.05) is 24.2 Å². The zero-order chi connectivity index (χ0) is 15.2. The van der Waals surface area contributed by atoms with E-state index in [1.807, 2.05) is 26.0 Å². The van der Waals surface area contributed by atoms with E-state index in [4.69, 9.17) is 19.3 Å². The summed E-state index contributed by atoms with van der Waals surface area (Å²) in [5.41, 5.74) is 1.78. The molecule has 0 saturated carbocycles. The van der Waals surface area contributed by atoms with Crippen LogP contribution in [0.5, 0.6) is 11.5 Å². The van der Waals surface area contributed by atoms with Gasteiger partial charge in [-0.2, -0.15) is 5.26 Å². The predicted molar refractivity (Wildman–Crippen MR) is 77.4 cm³/mol. The minimum atomic E-state index is -0.720. The van der Waals surface area contributed by atoms with Gasteiger partial charge < -0.3 is 19.3 Å². The number of benzene rings is 1. The summed E-state index contributed by atoms with van der Waals surface area (Å²) in [6, 6.07) is 5.92. The highest BCUT2D eigenvalue weighted by atomic mass is 16.5. The topological polar surface area (TPSA) is 71.7 Å². The van der Waals surface area contributed by atoms with Crippen LogP contribution in [0.25, 0.3) is 0 Å². The second kappa shape index (κ2) is 7.30. The lowest BCUT2D eigenvalue weighted by molar-refractivity contribution is 0.0753. The molecule has 114 valence electrons. The van der Waals surface area contributed by atoms with Gasteiger partial charge in [-0.1, -0.05) is 0 Å². The number of nitriles is 1. The summed E-state index contributed by atoms with van der Waals surface area (Å²) >= 11 is 0. The number of aliphatic hydroxyl groups is 1. The van der Waals surface area contributed by atoms with Crippen LogP contribution in [0, 0.1) is 11.3 Å². The van der Waals surface area contributed by atoms with Crippen molar-refractivity contribution in [2.75, 3.05) is 19.8 Å². The van der Waals surface area contributed by atoms with Gasteiger partial charge in [-0.25, -0.2) is 0 Å². The van der Waals surface area contributed by atoms with Gasteiger partial charge in [0.2, 0.25) is 0 Å². The van der Waals surface area contributed by atoms with Crippen LogP contribution in [0.2, 0.25) is 0 Å². The Kier molecular flexibility index (Phi) is 5.43. The van der Waals surface area contributed by atoms with Crippen LogP contribution in [0.3, 0.4) is 0 Å². The molecule has 2 unspecified atom stereocenters. The number of hydrogen-bond donors (Lipinski definition) is 1. The zero-order valence-corrected chi connectivity index (χ0v) is 12.5. The van der Waals surface area contributed by atoms with Crippen LogP contribution in [0.15, 0.2) is 12.1 Å². The molecule has 0 aromatic heterocycles. The van der Waals surface area contributed by atoms with Crippen molar-refractivity contribution >= 4 is 0 Å². The Morgan fingerprint density at radius 1 is 1.52 bits per heavy atom. The third-order valence-corrected chi connectivity index (χ3v) is 3.31. The van der Waals surface area contributed by atoms with E-state index < -0.39 is 6.10 Å². The molecule has 0 aliphatic carbocycles. The Morgan fingerprint density at radius 2 is 2.33 bits per heavy atom. The minimum Gasteiger partial charge on any atom is -0.493 e. The van der Waals surface area contributed by atoms with Crippen LogP contribution in [-0.2, 0) is 11.2 Å². The number of hydrogen-bond acceptors (Lipinski definition) is 5. The Bertz CT molecular complexity index is 524. The molecule has 1 aromatic rings. The van der Waals surface area contributed by atoms with Gasteiger partial charge >= 0.3 is 0 Å². The number of aliphatic hydroxyl groups excluding tert-OH is 1. The third kappa shape index (κ3) is 3.66. The lowest BCUT2D eigenvalue weighted by Gasteiger charge is -2.16. The van der Waals surface area contributed by atoms with Crippen molar-refractivity contribution in [2.24, 2.45) is 0 Å². The summed E-state index contributed by atoms with van der Waals surface area (Å²) in [5, 5.41) is 18.1. The first-order valence-corrected chi connectivity index (χ1v) is 7.28. The zero-order valence-electron chi connectivity index (χ0n) is 12.5. The minimum absolute atomic E-state index is 0.0429. The van der Waals surface area contributed by atoms with Crippen molar-refractivity contribution in [1.82, 2.24) is 0 Å². The highest BCUT2D eigenvalue weighted by Gasteiger charge is 2.25. The number of nitrogens with zero attached hydrogens (tertiary/aromatic N) is 1. The fourth-order valence-corrected chi connectivity index (χ4v) is 2.40. The fourth-order valence-electron chi connectivity index (χ4n) is 2.40. The maximum Gasteiger partial charge on any atom is 0.172 e. The summed E-state index contributed by atoms with van der Waals surface area (Å²) < 4.78 is 16.9. The van der Waals surface area contributed by atoms with Crippen LogP contribution in [-0.4, -0.2) is 31.0 Å². The fraction of sp³-hybridized carbons (Fsp3) is 0.562. The first-order chi connectivity index (χ1) is 10.2. The summed E-state index contributed by atoms with van der Waals surface area (Å²) in [6.45, 7) is 4.82. The average molecular weight is 291 g/mol. The first-order valence-electron chi connectivity index (χ1n) is 7.28. The van der Waals surface area contributed by atoms with Crippen LogP contribution in [0.4, 0.5) is 0 Å². The predicted octanol–water partition coefficient (Wildman–Crippen LogP) is 2.37. The lowest BCUT2D eigenvalue weighted by atomic mass is 10.0. The molecule has 0 spiro atoms. The van der Waals surface area contributed by atoms with Crippen molar-refractivity contribution in [3.8, 4) is 17.6 Å². The molecule has 21 heavy (non-hydrogen) atoms. The summed E-state index contributed by atoms with van der Waals surface area (Å²) in [6.07, 6.45) is 0.766. The molecule has 2 rings (SSSR count). The summed E-state index contributed by atoms with van der Waals surface area (Å²) in [4.78, 5) is 0. The second-order valence-electron chi connectivity index (χ2n) is 5.02. The van der Waals surface area contributed by atoms with Crippen LogP contribution >= 0.6 is 0 Å². The maximum atomic E-state index is 9.34. The van der Waals surface area contributed by atoms with E-state index in [0.717, 1.165) is 17.7 Å². The normalized spacial score (nSPS) is 17.7. The molecule has 5 nitrogen and oxygen atoms in total. The third-order valence-electron chi connectivity index (χ3n) is 3.31. The van der Waals surface area contributed by atoms with E-state index in [2.05, 4.69) is 6.07 Å². The van der Waals surface area contributed by atoms with E-state index in [0.29, 0.717) is 30.9 Å². The Balaban J connectivity index is 2.27. The van der Waals surface area contributed by atoms with Gasteiger partial charge in [-0.3, -0.25) is 0 Å². The highest BCUT2D eigenvalue weighted by molar-refractivity contribution is 5.50. The molecule has 5 heteroatoms. The molecule has 1 aliphatic rings. The number of rotatable bonds is 7. The van der Waals surface area contributed by atoms with E-state index >= 15 is 0 Å². The molecule has 0 radical (unpaired) electrons. The van der Waals surface area contributed by atoms with Crippen molar-refractivity contribution in [3.63, 3.8) is 0 Å². The van der Waals surface area contributed by atoms with E-state index in [1.165, 1.54) is 0 Å². The van der Waals surface area contributed by atoms with Crippen LogP contribution in [0.1, 0.15) is 37.5 Å². The van der Waals surface area contributed by atoms with Gasteiger partial charge in [0.05, 0.1) is 19.3 Å². The lowest BCUT2D eigenvalue weighted by Crippen LogP contribution is -2.08. The van der Waals surface area contributed by atoms with Crippen molar-refractivity contribution in [2.45, 2.75) is 38.9 Å². The van der Waals surface area contributed by atoms with Gasteiger partial charge in [-0.05, 0) is 32.4 Å². The molecular weight excluding hydrogens is 270 g/mol. The Hall–Kier alpha value is -1.77. The standard InChI is InChI=1S/C16H21NO4/c1-3-19-15-8-12-7-11(2)21-14(12)9-13(15)16(10-17)20-6-4-5-18/h8-9,11,16,18H,3-7H2,1-2H3.